The van der Waals surface area contributed by atoms with Gasteiger partial charge in [-0.1, -0.05) is 25.4 Å². The van der Waals surface area contributed by atoms with Gasteiger partial charge in [-0.2, -0.15) is 0 Å². The summed E-state index contributed by atoms with van der Waals surface area (Å²) in [6.45, 7) is 6.93. The van der Waals surface area contributed by atoms with Crippen LogP contribution in [0, 0.1) is 22.5 Å². The van der Waals surface area contributed by atoms with Gasteiger partial charge in [-0.25, -0.2) is 0 Å². The molecule has 1 aromatic carbocycles. The number of anilines is 1. The second-order valence-electron chi connectivity index (χ2n) is 5.72. The first kappa shape index (κ1) is 16.7. The molecule has 2 N–H and O–H groups in total. The zero-order chi connectivity index (χ0) is 15.3. The van der Waals surface area contributed by atoms with Gasteiger partial charge in [-0.05, 0) is 36.8 Å². The van der Waals surface area contributed by atoms with Crippen molar-refractivity contribution in [2.75, 3.05) is 18.5 Å². The molecule has 0 aliphatic heterocycles. The van der Waals surface area contributed by atoms with Crippen LogP contribution in [0.4, 0.5) is 11.4 Å². The molecular formula is C14H21ClN2O3. The first-order chi connectivity index (χ1) is 9.26. The highest BCUT2D eigenvalue weighted by Crippen LogP contribution is 2.31. The molecular weight excluding hydrogens is 280 g/mol. The highest BCUT2D eigenvalue weighted by Gasteiger charge is 2.19. The van der Waals surface area contributed by atoms with E-state index >= 15 is 0 Å². The Balaban J connectivity index is 2.79. The van der Waals surface area contributed by atoms with Crippen LogP contribution in [0.1, 0.15) is 32.3 Å². The third-order valence-electron chi connectivity index (χ3n) is 3.26. The summed E-state index contributed by atoms with van der Waals surface area (Å²) in [7, 11) is 0. The van der Waals surface area contributed by atoms with E-state index in [-0.39, 0.29) is 22.7 Å². The highest BCUT2D eigenvalue weighted by atomic mass is 35.5. The Bertz CT molecular complexity index is 490. The lowest BCUT2D eigenvalue weighted by molar-refractivity contribution is -0.384. The van der Waals surface area contributed by atoms with Gasteiger partial charge in [-0.15, -0.1) is 0 Å². The van der Waals surface area contributed by atoms with Crippen molar-refractivity contribution in [2.45, 2.75) is 33.6 Å². The molecule has 0 fully saturated rings. The second kappa shape index (κ2) is 6.90. The van der Waals surface area contributed by atoms with E-state index in [0.717, 1.165) is 24.1 Å². The zero-order valence-electron chi connectivity index (χ0n) is 12.1. The molecule has 6 heteroatoms. The largest absolute Gasteiger partial charge is 0.396 e. The van der Waals surface area contributed by atoms with Gasteiger partial charge in [0.15, 0.2) is 0 Å². The third kappa shape index (κ3) is 4.65. The fraction of sp³-hybridized carbons (Fsp3) is 0.571. The van der Waals surface area contributed by atoms with Crippen LogP contribution in [0.3, 0.4) is 0 Å². The van der Waals surface area contributed by atoms with Gasteiger partial charge in [0, 0.05) is 24.9 Å². The number of hydrogen-bond donors (Lipinski definition) is 2. The van der Waals surface area contributed by atoms with Crippen LogP contribution in [0.25, 0.3) is 0 Å². The SMILES string of the molecule is Cc1cc([N+](=O)[O-])c(Cl)cc1NCC(C)(C)CCCO. The number of aliphatic hydroxyl groups is 1. The van der Waals surface area contributed by atoms with E-state index in [2.05, 4.69) is 19.2 Å². The number of halogens is 1. The molecule has 0 aliphatic rings. The summed E-state index contributed by atoms with van der Waals surface area (Å²) >= 11 is 5.92. The van der Waals surface area contributed by atoms with E-state index in [9.17, 15) is 10.1 Å². The number of nitrogens with one attached hydrogen (secondary N) is 1. The number of benzene rings is 1. The van der Waals surface area contributed by atoms with Crippen molar-refractivity contribution in [3.63, 3.8) is 0 Å². The molecule has 0 bridgehead atoms. The molecule has 0 atom stereocenters. The average Bonchev–Trinajstić information content (AvgIpc) is 2.36. The van der Waals surface area contributed by atoms with Gasteiger partial charge in [-0.3, -0.25) is 10.1 Å². The van der Waals surface area contributed by atoms with Crippen LogP contribution >= 0.6 is 11.6 Å². The van der Waals surface area contributed by atoms with Gasteiger partial charge in [0.2, 0.25) is 0 Å². The monoisotopic (exact) mass is 300 g/mol. The molecule has 5 nitrogen and oxygen atoms in total. The molecule has 0 radical (unpaired) electrons. The summed E-state index contributed by atoms with van der Waals surface area (Å²) in [6.07, 6.45) is 1.66. The Morgan fingerprint density at radius 2 is 2.10 bits per heavy atom. The lowest BCUT2D eigenvalue weighted by Gasteiger charge is -2.25. The van der Waals surface area contributed by atoms with Crippen molar-refractivity contribution in [1.82, 2.24) is 0 Å². The topological polar surface area (TPSA) is 75.4 Å². The molecule has 0 amide bonds. The minimum absolute atomic E-state index is 0.0312. The molecule has 0 saturated carbocycles. The maximum absolute atomic E-state index is 10.8. The number of nitro groups is 1. The maximum atomic E-state index is 10.8. The lowest BCUT2D eigenvalue weighted by atomic mass is 9.88. The highest BCUT2D eigenvalue weighted by molar-refractivity contribution is 6.33. The molecule has 1 aromatic rings. The third-order valence-corrected chi connectivity index (χ3v) is 3.56. The van der Waals surface area contributed by atoms with Crippen LogP contribution in [0.2, 0.25) is 5.02 Å². The summed E-state index contributed by atoms with van der Waals surface area (Å²) < 4.78 is 0. The van der Waals surface area contributed by atoms with Crippen LogP contribution < -0.4 is 5.32 Å². The zero-order valence-corrected chi connectivity index (χ0v) is 12.8. The van der Waals surface area contributed by atoms with Gasteiger partial charge < -0.3 is 10.4 Å². The summed E-state index contributed by atoms with van der Waals surface area (Å²) in [5.74, 6) is 0. The van der Waals surface area contributed by atoms with E-state index in [0.29, 0.717) is 6.54 Å². The molecule has 0 heterocycles. The smallest absolute Gasteiger partial charge is 0.288 e. The van der Waals surface area contributed by atoms with Crippen molar-refractivity contribution >= 4 is 23.0 Å². The molecule has 1 rings (SSSR count). The summed E-state index contributed by atoms with van der Waals surface area (Å²) in [5.41, 5.74) is 1.55. The molecule has 0 spiro atoms. The van der Waals surface area contributed by atoms with E-state index in [4.69, 9.17) is 16.7 Å². The predicted octanol–water partition coefficient (Wildman–Crippen LogP) is 3.77. The summed E-state index contributed by atoms with van der Waals surface area (Å²) in [6, 6.07) is 3.07. The summed E-state index contributed by atoms with van der Waals surface area (Å²) in [5, 5.41) is 23.1. The van der Waals surface area contributed by atoms with Crippen LogP contribution in [0.15, 0.2) is 12.1 Å². The number of aliphatic hydroxyl groups excluding tert-OH is 1. The molecule has 0 aromatic heterocycles. The summed E-state index contributed by atoms with van der Waals surface area (Å²) in [4.78, 5) is 10.3. The molecule has 20 heavy (non-hydrogen) atoms. The first-order valence-corrected chi connectivity index (χ1v) is 6.94. The van der Waals surface area contributed by atoms with Gasteiger partial charge in [0.05, 0.1) is 4.92 Å². The van der Waals surface area contributed by atoms with E-state index < -0.39 is 4.92 Å². The molecule has 0 aliphatic carbocycles. The van der Waals surface area contributed by atoms with E-state index in [1.807, 2.05) is 6.92 Å². The minimum Gasteiger partial charge on any atom is -0.396 e. The van der Waals surface area contributed by atoms with Crippen molar-refractivity contribution < 1.29 is 10.0 Å². The Hall–Kier alpha value is -1.33. The van der Waals surface area contributed by atoms with Gasteiger partial charge in [0.1, 0.15) is 5.02 Å². The standard InChI is InChI=1S/C14H21ClN2O3/c1-10-7-13(17(19)20)11(15)8-12(10)16-9-14(2,3)5-4-6-18/h7-8,16,18H,4-6,9H2,1-3H3. The maximum Gasteiger partial charge on any atom is 0.288 e. The van der Waals surface area contributed by atoms with Gasteiger partial charge >= 0.3 is 0 Å². The fourth-order valence-corrected chi connectivity index (χ4v) is 2.21. The quantitative estimate of drug-likeness (QED) is 0.594. The van der Waals surface area contributed by atoms with Crippen molar-refractivity contribution in [2.24, 2.45) is 5.41 Å². The number of nitro benzene ring substituents is 1. The minimum atomic E-state index is -0.482. The number of rotatable bonds is 7. The van der Waals surface area contributed by atoms with Gasteiger partial charge in [0.25, 0.3) is 5.69 Å². The number of aryl methyl sites for hydroxylation is 1. The van der Waals surface area contributed by atoms with Crippen molar-refractivity contribution in [1.29, 1.82) is 0 Å². The predicted molar refractivity (Wildman–Crippen MR) is 81.4 cm³/mol. The average molecular weight is 301 g/mol. The Labute approximate surface area is 124 Å². The van der Waals surface area contributed by atoms with Crippen molar-refractivity contribution in [3.8, 4) is 0 Å². The van der Waals surface area contributed by atoms with Crippen LogP contribution in [0.5, 0.6) is 0 Å². The van der Waals surface area contributed by atoms with Crippen LogP contribution in [-0.2, 0) is 0 Å². The molecule has 0 saturated heterocycles. The van der Waals surface area contributed by atoms with E-state index in [1.54, 1.807) is 6.07 Å². The Kier molecular flexibility index (Phi) is 5.77. The number of nitrogens with zero attached hydrogens (tertiary/aromatic N) is 1. The molecule has 0 unspecified atom stereocenters. The second-order valence-corrected chi connectivity index (χ2v) is 6.13. The van der Waals surface area contributed by atoms with E-state index in [1.165, 1.54) is 6.07 Å². The Morgan fingerprint density at radius 1 is 1.45 bits per heavy atom. The normalized spacial score (nSPS) is 11.4. The Morgan fingerprint density at radius 3 is 2.65 bits per heavy atom. The number of hydrogen-bond acceptors (Lipinski definition) is 4. The van der Waals surface area contributed by atoms with Crippen LogP contribution in [-0.4, -0.2) is 23.2 Å². The first-order valence-electron chi connectivity index (χ1n) is 6.56. The lowest BCUT2D eigenvalue weighted by Crippen LogP contribution is -2.23. The van der Waals surface area contributed by atoms with Crippen molar-refractivity contribution in [3.05, 3.63) is 32.8 Å². The molecule has 112 valence electrons. The fourth-order valence-electron chi connectivity index (χ4n) is 1.98.